The number of nitrogens with two attached hydrogens (primary N) is 1. The molecule has 0 saturated heterocycles. The fraction of sp³-hybridized carbons (Fsp3) is 0.231. The quantitative estimate of drug-likeness (QED) is 0.679. The lowest BCUT2D eigenvalue weighted by atomic mass is 10.1. The summed E-state index contributed by atoms with van der Waals surface area (Å²) < 4.78 is 0. The highest BCUT2D eigenvalue weighted by atomic mass is 32.2. The van der Waals surface area contributed by atoms with Gasteiger partial charge in [-0.05, 0) is 18.4 Å². The van der Waals surface area contributed by atoms with E-state index >= 15 is 0 Å². The second-order valence-electron chi connectivity index (χ2n) is 4.05. The maximum Gasteiger partial charge on any atom is 0.107 e. The molecule has 6 heteroatoms. The van der Waals surface area contributed by atoms with Crippen molar-refractivity contribution < 1.29 is 0 Å². The van der Waals surface area contributed by atoms with Gasteiger partial charge in [0.2, 0.25) is 0 Å². The molecule has 0 amide bonds. The summed E-state index contributed by atoms with van der Waals surface area (Å²) in [7, 11) is 2.03. The molecule has 0 unspecified atom stereocenters. The molecule has 0 radical (unpaired) electrons. The van der Waals surface area contributed by atoms with Gasteiger partial charge in [0.1, 0.15) is 4.99 Å². The van der Waals surface area contributed by atoms with Crippen molar-refractivity contribution >= 4 is 46.0 Å². The number of aromatic nitrogens is 1. The topological polar surface area (TPSA) is 42.2 Å². The molecule has 1 aromatic heterocycles. The molecule has 100 valence electrons. The smallest absolute Gasteiger partial charge is 0.107 e. The average Bonchev–Trinajstić information content (AvgIpc) is 2.90. The largest absolute Gasteiger partial charge is 0.389 e. The molecule has 0 atom stereocenters. The summed E-state index contributed by atoms with van der Waals surface area (Å²) in [6.45, 7) is 0.747. The summed E-state index contributed by atoms with van der Waals surface area (Å²) in [5, 5.41) is 2.05. The first-order chi connectivity index (χ1) is 9.13. The Hall–Kier alpha value is -1.11. The molecule has 0 bridgehead atoms. The fourth-order valence-electron chi connectivity index (χ4n) is 1.90. The lowest BCUT2D eigenvalue weighted by Gasteiger charge is -2.22. The van der Waals surface area contributed by atoms with Crippen LogP contribution in [-0.2, 0) is 6.54 Å². The minimum Gasteiger partial charge on any atom is -0.389 e. The molecule has 2 rings (SSSR count). The number of rotatable bonds is 5. The summed E-state index contributed by atoms with van der Waals surface area (Å²) in [5.41, 5.74) is 10.8. The van der Waals surface area contributed by atoms with Crippen LogP contribution in [0, 0.1) is 0 Å². The summed E-state index contributed by atoms with van der Waals surface area (Å²) >= 11 is 8.45. The fourth-order valence-corrected chi connectivity index (χ4v) is 3.36. The number of benzene rings is 1. The van der Waals surface area contributed by atoms with Crippen molar-refractivity contribution in [3.05, 3.63) is 40.3 Å². The maximum absolute atomic E-state index is 5.88. The summed E-state index contributed by atoms with van der Waals surface area (Å²) in [5.74, 6) is 0. The van der Waals surface area contributed by atoms with Gasteiger partial charge in [-0.1, -0.05) is 18.3 Å². The van der Waals surface area contributed by atoms with Crippen LogP contribution in [0.3, 0.4) is 0 Å². The van der Waals surface area contributed by atoms with Crippen molar-refractivity contribution in [2.24, 2.45) is 5.73 Å². The van der Waals surface area contributed by atoms with Crippen molar-refractivity contribution in [1.29, 1.82) is 0 Å². The van der Waals surface area contributed by atoms with Gasteiger partial charge >= 0.3 is 0 Å². The molecule has 0 spiro atoms. The van der Waals surface area contributed by atoms with Gasteiger partial charge in [-0.25, -0.2) is 4.98 Å². The Morgan fingerprint density at radius 3 is 2.89 bits per heavy atom. The van der Waals surface area contributed by atoms with Gasteiger partial charge < -0.3 is 10.6 Å². The Morgan fingerprint density at radius 1 is 1.53 bits per heavy atom. The molecule has 3 nitrogen and oxygen atoms in total. The third-order valence-electron chi connectivity index (χ3n) is 2.76. The van der Waals surface area contributed by atoms with Gasteiger partial charge in [-0.15, -0.1) is 23.1 Å². The van der Waals surface area contributed by atoms with E-state index in [1.807, 2.05) is 37.0 Å². The molecule has 2 aromatic rings. The first-order valence-corrected chi connectivity index (χ1v) is 8.26. The average molecular weight is 309 g/mol. The van der Waals surface area contributed by atoms with Crippen molar-refractivity contribution in [2.75, 3.05) is 18.2 Å². The highest BCUT2D eigenvalue weighted by molar-refractivity contribution is 7.98. The van der Waals surface area contributed by atoms with Crippen LogP contribution >= 0.6 is 35.3 Å². The monoisotopic (exact) mass is 309 g/mol. The molecule has 19 heavy (non-hydrogen) atoms. The maximum atomic E-state index is 5.88. The normalized spacial score (nSPS) is 10.4. The summed E-state index contributed by atoms with van der Waals surface area (Å²) in [6, 6.07) is 6.11. The van der Waals surface area contributed by atoms with Gasteiger partial charge in [0, 0.05) is 28.6 Å². The molecular formula is C13H15N3S3. The van der Waals surface area contributed by atoms with E-state index in [2.05, 4.69) is 15.3 Å². The van der Waals surface area contributed by atoms with Gasteiger partial charge in [-0.2, -0.15) is 0 Å². The predicted octanol–water partition coefficient (Wildman–Crippen LogP) is 3.14. The number of thioether (sulfide) groups is 1. The second kappa shape index (κ2) is 6.36. The highest BCUT2D eigenvalue weighted by Gasteiger charge is 2.14. The van der Waals surface area contributed by atoms with Gasteiger partial charge in [0.15, 0.2) is 0 Å². The first-order valence-electron chi connectivity index (χ1n) is 5.68. The van der Waals surface area contributed by atoms with Crippen LogP contribution in [0.2, 0.25) is 0 Å². The van der Waals surface area contributed by atoms with Crippen LogP contribution in [-0.4, -0.2) is 23.3 Å². The standard InChI is InChI=1S/C13H15N3S3/c1-16(6-9-7-19-8-15-9)10-4-3-5-11(18-2)12(10)13(14)17/h3-5,7-8H,6H2,1-2H3,(H2,14,17). The Balaban J connectivity index is 2.35. The second-order valence-corrected chi connectivity index (χ2v) is 6.06. The SMILES string of the molecule is CSc1cccc(N(C)Cc2cscn2)c1C(N)=S. The van der Waals surface area contributed by atoms with E-state index in [1.165, 1.54) is 0 Å². The van der Waals surface area contributed by atoms with E-state index < -0.39 is 0 Å². The lowest BCUT2D eigenvalue weighted by molar-refractivity contribution is 0.891. The van der Waals surface area contributed by atoms with Crippen molar-refractivity contribution in [1.82, 2.24) is 4.98 Å². The Bertz CT molecular complexity index is 567. The number of thiocarbonyl (C=S) groups is 1. The summed E-state index contributed by atoms with van der Waals surface area (Å²) in [4.78, 5) is 7.98. The first kappa shape index (κ1) is 14.3. The van der Waals surface area contributed by atoms with E-state index in [-0.39, 0.29) is 0 Å². The molecule has 0 saturated carbocycles. The van der Waals surface area contributed by atoms with Crippen LogP contribution in [0.1, 0.15) is 11.3 Å². The zero-order chi connectivity index (χ0) is 13.8. The van der Waals surface area contributed by atoms with Crippen LogP contribution in [0.15, 0.2) is 34.0 Å². The number of hydrogen-bond acceptors (Lipinski definition) is 5. The minimum atomic E-state index is 0.435. The van der Waals surface area contributed by atoms with Crippen molar-refractivity contribution in [3.8, 4) is 0 Å². The van der Waals surface area contributed by atoms with Gasteiger partial charge in [0.05, 0.1) is 17.7 Å². The van der Waals surface area contributed by atoms with Crippen LogP contribution < -0.4 is 10.6 Å². The molecular weight excluding hydrogens is 294 g/mol. The minimum absolute atomic E-state index is 0.435. The van der Waals surface area contributed by atoms with Crippen molar-refractivity contribution in [2.45, 2.75) is 11.4 Å². The lowest BCUT2D eigenvalue weighted by Crippen LogP contribution is -2.22. The predicted molar refractivity (Wildman–Crippen MR) is 88.3 cm³/mol. The summed E-state index contributed by atoms with van der Waals surface area (Å²) in [6.07, 6.45) is 2.03. The van der Waals surface area contributed by atoms with E-state index in [4.69, 9.17) is 18.0 Å². The van der Waals surface area contributed by atoms with E-state index in [0.717, 1.165) is 28.4 Å². The van der Waals surface area contributed by atoms with E-state index in [9.17, 15) is 0 Å². The molecule has 0 aliphatic heterocycles. The van der Waals surface area contributed by atoms with Crippen LogP contribution in [0.4, 0.5) is 5.69 Å². The van der Waals surface area contributed by atoms with Crippen LogP contribution in [0.5, 0.6) is 0 Å². The molecule has 2 N–H and O–H groups in total. The molecule has 0 aliphatic rings. The number of nitrogens with zero attached hydrogens (tertiary/aromatic N) is 2. The van der Waals surface area contributed by atoms with E-state index in [1.54, 1.807) is 23.1 Å². The zero-order valence-corrected chi connectivity index (χ0v) is 13.2. The molecule has 1 aromatic carbocycles. The Labute approximate surface area is 126 Å². The third-order valence-corrected chi connectivity index (χ3v) is 4.38. The third kappa shape index (κ3) is 3.26. The number of thiazole rings is 1. The molecule has 1 heterocycles. The zero-order valence-electron chi connectivity index (χ0n) is 10.8. The van der Waals surface area contributed by atoms with Gasteiger partial charge in [0.25, 0.3) is 0 Å². The van der Waals surface area contributed by atoms with Crippen LogP contribution in [0.25, 0.3) is 0 Å². The highest BCUT2D eigenvalue weighted by Crippen LogP contribution is 2.29. The Kier molecular flexibility index (Phi) is 4.79. The van der Waals surface area contributed by atoms with Crippen molar-refractivity contribution in [3.63, 3.8) is 0 Å². The number of anilines is 1. The number of hydrogen-bond donors (Lipinski definition) is 1. The molecule has 0 aliphatic carbocycles. The Morgan fingerprint density at radius 2 is 2.32 bits per heavy atom. The molecule has 0 fully saturated rings. The van der Waals surface area contributed by atoms with Gasteiger partial charge in [-0.3, -0.25) is 0 Å². The van der Waals surface area contributed by atoms with E-state index in [0.29, 0.717) is 4.99 Å².